The molecule has 2 heterocycles. The molecule has 0 radical (unpaired) electrons. The van der Waals surface area contributed by atoms with Crippen molar-refractivity contribution in [3.63, 3.8) is 0 Å². The van der Waals surface area contributed by atoms with E-state index in [-0.39, 0.29) is 31.2 Å². The van der Waals surface area contributed by atoms with E-state index < -0.39 is 18.3 Å². The molecular weight excluding hydrogens is 429 g/mol. The maximum atomic E-state index is 14.4. The summed E-state index contributed by atoms with van der Waals surface area (Å²) in [6.45, 7) is 4.19. The van der Waals surface area contributed by atoms with Crippen LogP contribution in [0.1, 0.15) is 54.6 Å². The number of pyridine rings is 1. The highest BCUT2D eigenvalue weighted by atomic mass is 19.1. The van der Waals surface area contributed by atoms with E-state index in [2.05, 4.69) is 36.3 Å². The van der Waals surface area contributed by atoms with Gasteiger partial charge in [0.05, 0.1) is 19.0 Å². The molecule has 2 aromatic carbocycles. The van der Waals surface area contributed by atoms with Crippen LogP contribution in [0, 0.1) is 0 Å². The Morgan fingerprint density at radius 3 is 2.26 bits per heavy atom. The summed E-state index contributed by atoms with van der Waals surface area (Å²) in [7, 11) is 0. The van der Waals surface area contributed by atoms with Crippen LogP contribution in [0.4, 0.5) is 4.39 Å². The number of likely N-dealkylation sites (tertiary alicyclic amines) is 1. The third-order valence-corrected chi connectivity index (χ3v) is 6.29. The minimum atomic E-state index is -1.23. The first-order valence-corrected chi connectivity index (χ1v) is 11.7. The van der Waals surface area contributed by atoms with Crippen LogP contribution in [0.15, 0.2) is 79.0 Å². The van der Waals surface area contributed by atoms with Crippen LogP contribution in [-0.2, 0) is 16.0 Å². The Kier molecular flexibility index (Phi) is 7.36. The Labute approximate surface area is 200 Å². The molecule has 1 N–H and O–H groups in total. The summed E-state index contributed by atoms with van der Waals surface area (Å²) >= 11 is 0. The topological polar surface area (TPSA) is 62.3 Å². The van der Waals surface area contributed by atoms with Crippen molar-refractivity contribution in [2.24, 2.45) is 0 Å². The highest BCUT2D eigenvalue weighted by Gasteiger charge is 2.40. The van der Waals surface area contributed by atoms with Crippen LogP contribution in [-0.4, -0.2) is 40.5 Å². The number of rotatable bonds is 7. The quantitative estimate of drug-likeness (QED) is 0.562. The van der Waals surface area contributed by atoms with Gasteiger partial charge < -0.3 is 10.2 Å². The van der Waals surface area contributed by atoms with Crippen molar-refractivity contribution in [1.82, 2.24) is 15.2 Å². The second-order valence-electron chi connectivity index (χ2n) is 9.07. The SMILES string of the molecule is CC(C)c1ccc([C@@H](NC(=O)[C@@H]2C[C@@H](F)CN2C(=O)Cc2ccccn2)c2ccccc2)cc1. The summed E-state index contributed by atoms with van der Waals surface area (Å²) < 4.78 is 14.4. The zero-order valence-electron chi connectivity index (χ0n) is 19.5. The monoisotopic (exact) mass is 459 g/mol. The van der Waals surface area contributed by atoms with Gasteiger partial charge in [0.1, 0.15) is 12.2 Å². The first kappa shape index (κ1) is 23.6. The first-order chi connectivity index (χ1) is 16.4. The maximum Gasteiger partial charge on any atom is 0.243 e. The number of hydrogen-bond donors (Lipinski definition) is 1. The molecule has 6 heteroatoms. The molecule has 34 heavy (non-hydrogen) atoms. The summed E-state index contributed by atoms with van der Waals surface area (Å²) in [5.74, 6) is -0.245. The van der Waals surface area contributed by atoms with Crippen molar-refractivity contribution in [2.75, 3.05) is 6.54 Å². The van der Waals surface area contributed by atoms with Crippen LogP contribution < -0.4 is 5.32 Å². The molecule has 0 saturated carbocycles. The van der Waals surface area contributed by atoms with Gasteiger partial charge in [0.15, 0.2) is 0 Å². The molecule has 1 fully saturated rings. The average Bonchev–Trinajstić information content (AvgIpc) is 3.25. The number of halogens is 1. The number of carbonyl (C=O) groups excluding carboxylic acids is 2. The van der Waals surface area contributed by atoms with Gasteiger partial charge in [-0.1, -0.05) is 74.5 Å². The molecule has 0 unspecified atom stereocenters. The minimum absolute atomic E-state index is 0.00636. The second kappa shape index (κ2) is 10.6. The zero-order chi connectivity index (χ0) is 24.1. The summed E-state index contributed by atoms with van der Waals surface area (Å²) in [5, 5.41) is 3.09. The molecule has 1 saturated heterocycles. The van der Waals surface area contributed by atoms with Gasteiger partial charge in [-0.25, -0.2) is 4.39 Å². The van der Waals surface area contributed by atoms with Crippen LogP contribution in [0.25, 0.3) is 0 Å². The number of nitrogens with one attached hydrogen (secondary N) is 1. The van der Waals surface area contributed by atoms with Crippen molar-refractivity contribution in [1.29, 1.82) is 0 Å². The fraction of sp³-hybridized carbons (Fsp3) is 0.321. The molecule has 2 amide bonds. The van der Waals surface area contributed by atoms with E-state index in [1.165, 1.54) is 10.5 Å². The fourth-order valence-electron chi connectivity index (χ4n) is 4.38. The molecule has 5 nitrogen and oxygen atoms in total. The van der Waals surface area contributed by atoms with Gasteiger partial charge in [0.25, 0.3) is 0 Å². The van der Waals surface area contributed by atoms with E-state index >= 15 is 0 Å². The zero-order valence-corrected chi connectivity index (χ0v) is 19.5. The van der Waals surface area contributed by atoms with E-state index in [1.54, 1.807) is 24.4 Å². The van der Waals surface area contributed by atoms with Crippen molar-refractivity contribution in [2.45, 2.75) is 50.9 Å². The number of benzene rings is 2. The van der Waals surface area contributed by atoms with Crippen LogP contribution in [0.2, 0.25) is 0 Å². The summed E-state index contributed by atoms with van der Waals surface area (Å²) in [6, 6.07) is 21.9. The molecule has 3 aromatic rings. The molecule has 1 aromatic heterocycles. The van der Waals surface area contributed by atoms with Gasteiger partial charge in [-0.3, -0.25) is 14.6 Å². The Morgan fingerprint density at radius 1 is 0.971 bits per heavy atom. The lowest BCUT2D eigenvalue weighted by atomic mass is 9.95. The summed E-state index contributed by atoms with van der Waals surface area (Å²) in [4.78, 5) is 31.9. The molecule has 1 aliphatic rings. The van der Waals surface area contributed by atoms with Crippen molar-refractivity contribution >= 4 is 11.8 Å². The van der Waals surface area contributed by atoms with Crippen molar-refractivity contribution < 1.29 is 14.0 Å². The van der Waals surface area contributed by atoms with E-state index in [9.17, 15) is 14.0 Å². The largest absolute Gasteiger partial charge is 0.343 e. The van der Waals surface area contributed by atoms with Crippen molar-refractivity contribution in [3.8, 4) is 0 Å². The highest BCUT2D eigenvalue weighted by molar-refractivity contribution is 5.89. The molecular formula is C28H30FN3O2. The Balaban J connectivity index is 1.55. The normalized spacial score (nSPS) is 18.6. The van der Waals surface area contributed by atoms with Gasteiger partial charge in [-0.05, 0) is 34.7 Å². The smallest absolute Gasteiger partial charge is 0.243 e. The molecule has 3 atom stereocenters. The van der Waals surface area contributed by atoms with Crippen molar-refractivity contribution in [3.05, 3.63) is 101 Å². The number of carbonyl (C=O) groups is 2. The van der Waals surface area contributed by atoms with E-state index in [0.717, 1.165) is 11.1 Å². The fourth-order valence-corrected chi connectivity index (χ4v) is 4.38. The third kappa shape index (κ3) is 5.50. The number of hydrogen-bond acceptors (Lipinski definition) is 3. The first-order valence-electron chi connectivity index (χ1n) is 11.7. The van der Waals surface area contributed by atoms with Gasteiger partial charge in [-0.2, -0.15) is 0 Å². The Bertz CT molecular complexity index is 1100. The van der Waals surface area contributed by atoms with Gasteiger partial charge >= 0.3 is 0 Å². The number of alkyl halides is 1. The number of nitrogens with zero attached hydrogens (tertiary/aromatic N) is 2. The Morgan fingerprint density at radius 2 is 1.62 bits per heavy atom. The number of aromatic nitrogens is 1. The molecule has 0 spiro atoms. The minimum Gasteiger partial charge on any atom is -0.343 e. The molecule has 176 valence electrons. The average molecular weight is 460 g/mol. The summed E-state index contributed by atoms with van der Waals surface area (Å²) in [6.07, 6.45) is 0.414. The molecule has 0 aliphatic carbocycles. The third-order valence-electron chi connectivity index (χ3n) is 6.29. The Hall–Kier alpha value is -3.54. The number of amides is 2. The van der Waals surface area contributed by atoms with Crippen LogP contribution >= 0.6 is 0 Å². The van der Waals surface area contributed by atoms with Crippen LogP contribution in [0.3, 0.4) is 0 Å². The van der Waals surface area contributed by atoms with Gasteiger partial charge in [0, 0.05) is 18.3 Å². The van der Waals surface area contributed by atoms with Gasteiger partial charge in [0.2, 0.25) is 11.8 Å². The van der Waals surface area contributed by atoms with E-state index in [1.807, 2.05) is 42.5 Å². The van der Waals surface area contributed by atoms with Crippen LogP contribution in [0.5, 0.6) is 0 Å². The lowest BCUT2D eigenvalue weighted by molar-refractivity contribution is -0.138. The summed E-state index contributed by atoms with van der Waals surface area (Å²) in [5.41, 5.74) is 3.67. The molecule has 4 rings (SSSR count). The lowest BCUT2D eigenvalue weighted by Crippen LogP contribution is -2.47. The van der Waals surface area contributed by atoms with Gasteiger partial charge in [-0.15, -0.1) is 0 Å². The molecule has 0 bridgehead atoms. The standard InChI is InChI=1S/C28H30FN3O2/c1-19(2)20-11-13-22(14-12-20)27(21-8-4-3-5-9-21)31-28(34)25-16-23(29)18-32(25)26(33)17-24-10-6-7-15-30-24/h3-15,19,23,25,27H,16-18H2,1-2H3,(H,31,34)/t23-,25+,27+/m1/s1. The second-order valence-corrected chi connectivity index (χ2v) is 9.07. The van der Waals surface area contributed by atoms with E-state index in [0.29, 0.717) is 11.6 Å². The predicted molar refractivity (Wildman–Crippen MR) is 130 cm³/mol. The molecule has 1 aliphatic heterocycles. The van der Waals surface area contributed by atoms with E-state index in [4.69, 9.17) is 0 Å². The lowest BCUT2D eigenvalue weighted by Gasteiger charge is -2.27. The predicted octanol–water partition coefficient (Wildman–Crippen LogP) is 4.59. The highest BCUT2D eigenvalue weighted by Crippen LogP contribution is 2.27. The maximum absolute atomic E-state index is 14.4.